The van der Waals surface area contributed by atoms with Gasteiger partial charge >= 0.3 is 0 Å². The van der Waals surface area contributed by atoms with E-state index in [-0.39, 0.29) is 30.2 Å². The van der Waals surface area contributed by atoms with Gasteiger partial charge < -0.3 is 15.5 Å². The maximum absolute atomic E-state index is 12.0. The Balaban J connectivity index is 1.80. The third-order valence-electron chi connectivity index (χ3n) is 3.65. The fourth-order valence-electron chi connectivity index (χ4n) is 2.18. The van der Waals surface area contributed by atoms with E-state index in [9.17, 15) is 19.8 Å². The minimum Gasteiger partial charge on any atom is -0.508 e. The average molecular weight is 355 g/mol. The number of hydrogen-bond acceptors (Lipinski definition) is 5. The molecule has 2 rings (SSSR count). The van der Waals surface area contributed by atoms with E-state index in [0.29, 0.717) is 5.56 Å². The highest BCUT2D eigenvalue weighted by Gasteiger charge is 2.08. The van der Waals surface area contributed by atoms with Crippen molar-refractivity contribution in [3.63, 3.8) is 0 Å². The summed E-state index contributed by atoms with van der Waals surface area (Å²) in [5, 5.41) is 25.3. The van der Waals surface area contributed by atoms with Crippen molar-refractivity contribution in [2.75, 3.05) is 5.32 Å². The zero-order valence-corrected chi connectivity index (χ0v) is 14.6. The molecule has 2 aromatic rings. The molecule has 0 heterocycles. The quantitative estimate of drug-likeness (QED) is 0.471. The maximum Gasteiger partial charge on any atom is 0.240 e. The molecule has 7 heteroatoms. The molecule has 0 aliphatic carbocycles. The molecule has 136 valence electrons. The number of phenolic OH excluding ortho intramolecular Hbond substituents is 2. The second-order valence-corrected chi connectivity index (χ2v) is 5.90. The zero-order chi connectivity index (χ0) is 19.1. The Labute approximate surface area is 151 Å². The number of carbonyl (C=O) groups is 2. The van der Waals surface area contributed by atoms with E-state index in [1.807, 2.05) is 32.0 Å². The Morgan fingerprint density at radius 3 is 2.50 bits per heavy atom. The first-order chi connectivity index (χ1) is 12.3. The van der Waals surface area contributed by atoms with E-state index in [1.54, 1.807) is 0 Å². The summed E-state index contributed by atoms with van der Waals surface area (Å²) >= 11 is 0. The van der Waals surface area contributed by atoms with Gasteiger partial charge in [0.15, 0.2) is 0 Å². The molecule has 0 aliphatic rings. The van der Waals surface area contributed by atoms with Gasteiger partial charge in [0.2, 0.25) is 11.8 Å². The second kappa shape index (κ2) is 8.66. The second-order valence-electron chi connectivity index (χ2n) is 5.90. The van der Waals surface area contributed by atoms with Crippen LogP contribution in [0.5, 0.6) is 11.5 Å². The average Bonchev–Trinajstić information content (AvgIpc) is 2.58. The van der Waals surface area contributed by atoms with Crippen molar-refractivity contribution in [3.8, 4) is 11.5 Å². The molecule has 0 aromatic heterocycles. The van der Waals surface area contributed by atoms with Crippen molar-refractivity contribution in [2.45, 2.75) is 26.7 Å². The first-order valence-electron chi connectivity index (χ1n) is 8.06. The molecule has 0 atom stereocenters. The van der Waals surface area contributed by atoms with Gasteiger partial charge in [0.05, 0.1) is 6.21 Å². The predicted octanol–water partition coefficient (Wildman–Crippen LogP) is 2.58. The van der Waals surface area contributed by atoms with Crippen LogP contribution in [-0.4, -0.2) is 28.2 Å². The monoisotopic (exact) mass is 355 g/mol. The van der Waals surface area contributed by atoms with E-state index in [0.717, 1.165) is 16.8 Å². The molecule has 0 fully saturated rings. The third-order valence-corrected chi connectivity index (χ3v) is 3.65. The summed E-state index contributed by atoms with van der Waals surface area (Å²) in [4.78, 5) is 23.7. The van der Waals surface area contributed by atoms with E-state index >= 15 is 0 Å². The standard InChI is InChI=1S/C19H21N3O4/c1-12-3-4-13(2)16(9-12)21-18(25)7-8-19(26)22-20-11-14-5-6-15(23)10-17(14)24/h3-6,9-11,23-24H,7-8H2,1-2H3,(H,21,25)(H,22,26)/b20-11+. The molecule has 0 saturated carbocycles. The summed E-state index contributed by atoms with van der Waals surface area (Å²) in [6.07, 6.45) is 1.26. The largest absolute Gasteiger partial charge is 0.508 e. The van der Waals surface area contributed by atoms with Crippen molar-refractivity contribution < 1.29 is 19.8 Å². The molecular formula is C19H21N3O4. The summed E-state index contributed by atoms with van der Waals surface area (Å²) in [6.45, 7) is 3.83. The van der Waals surface area contributed by atoms with Crippen LogP contribution < -0.4 is 10.7 Å². The number of benzene rings is 2. The zero-order valence-electron chi connectivity index (χ0n) is 14.6. The molecule has 2 aromatic carbocycles. The van der Waals surface area contributed by atoms with Crippen molar-refractivity contribution in [2.24, 2.45) is 5.10 Å². The highest BCUT2D eigenvalue weighted by molar-refractivity contribution is 5.94. The van der Waals surface area contributed by atoms with Crippen LogP contribution in [-0.2, 0) is 9.59 Å². The molecule has 0 radical (unpaired) electrons. The first-order valence-corrected chi connectivity index (χ1v) is 8.06. The number of nitrogens with one attached hydrogen (secondary N) is 2. The molecule has 0 unspecified atom stereocenters. The topological polar surface area (TPSA) is 111 Å². The lowest BCUT2D eigenvalue weighted by molar-refractivity contribution is -0.124. The number of carbonyl (C=O) groups excluding carboxylic acids is 2. The Hall–Kier alpha value is -3.35. The molecule has 0 aliphatic heterocycles. The molecular weight excluding hydrogens is 334 g/mol. The van der Waals surface area contributed by atoms with Crippen molar-refractivity contribution >= 4 is 23.7 Å². The number of anilines is 1. The predicted molar refractivity (Wildman–Crippen MR) is 99.3 cm³/mol. The number of hydrogen-bond donors (Lipinski definition) is 4. The molecule has 26 heavy (non-hydrogen) atoms. The number of nitrogens with zero attached hydrogens (tertiary/aromatic N) is 1. The van der Waals surface area contributed by atoms with Crippen LogP contribution in [0.15, 0.2) is 41.5 Å². The molecule has 0 saturated heterocycles. The van der Waals surface area contributed by atoms with E-state index < -0.39 is 5.91 Å². The Bertz CT molecular complexity index is 847. The normalized spacial score (nSPS) is 10.7. The summed E-state index contributed by atoms with van der Waals surface area (Å²) in [5.41, 5.74) is 5.35. The summed E-state index contributed by atoms with van der Waals surface area (Å²) in [7, 11) is 0. The van der Waals surface area contributed by atoms with Gasteiger partial charge in [-0.15, -0.1) is 0 Å². The molecule has 0 bridgehead atoms. The van der Waals surface area contributed by atoms with Gasteiger partial charge in [0, 0.05) is 30.2 Å². The Kier molecular flexibility index (Phi) is 6.32. The van der Waals surface area contributed by atoms with Gasteiger partial charge in [0.1, 0.15) is 11.5 Å². The van der Waals surface area contributed by atoms with Crippen LogP contribution in [0.1, 0.15) is 29.5 Å². The number of aryl methyl sites for hydroxylation is 2. The summed E-state index contributed by atoms with van der Waals surface area (Å²) in [6, 6.07) is 9.77. The summed E-state index contributed by atoms with van der Waals surface area (Å²) < 4.78 is 0. The van der Waals surface area contributed by atoms with Crippen LogP contribution in [0.25, 0.3) is 0 Å². The number of phenols is 2. The summed E-state index contributed by atoms with van der Waals surface area (Å²) in [5.74, 6) is -0.904. The van der Waals surface area contributed by atoms with Crippen LogP contribution >= 0.6 is 0 Å². The lowest BCUT2D eigenvalue weighted by atomic mass is 10.1. The lowest BCUT2D eigenvalue weighted by Crippen LogP contribution is -2.20. The SMILES string of the molecule is Cc1ccc(C)c(NC(=O)CCC(=O)N/N=C/c2ccc(O)cc2O)c1. The van der Waals surface area contributed by atoms with Gasteiger partial charge in [0.25, 0.3) is 0 Å². The fraction of sp³-hybridized carbons (Fsp3) is 0.211. The number of hydrazone groups is 1. The van der Waals surface area contributed by atoms with Crippen LogP contribution in [0.2, 0.25) is 0 Å². The minimum absolute atomic E-state index is 0.0183. The maximum atomic E-state index is 12.0. The molecule has 0 spiro atoms. The highest BCUT2D eigenvalue weighted by Crippen LogP contribution is 2.20. The van der Waals surface area contributed by atoms with Crippen molar-refractivity contribution in [3.05, 3.63) is 53.1 Å². The van der Waals surface area contributed by atoms with Gasteiger partial charge in [-0.1, -0.05) is 12.1 Å². The number of aromatic hydroxyl groups is 2. The van der Waals surface area contributed by atoms with Crippen molar-refractivity contribution in [1.29, 1.82) is 0 Å². The number of amides is 2. The van der Waals surface area contributed by atoms with Gasteiger partial charge in [-0.2, -0.15) is 5.10 Å². The van der Waals surface area contributed by atoms with Gasteiger partial charge in [-0.25, -0.2) is 5.43 Å². The van der Waals surface area contributed by atoms with Gasteiger partial charge in [-0.3, -0.25) is 9.59 Å². The van der Waals surface area contributed by atoms with Gasteiger partial charge in [-0.05, 0) is 43.2 Å². The van der Waals surface area contributed by atoms with Crippen LogP contribution in [0.3, 0.4) is 0 Å². The third kappa shape index (κ3) is 5.62. The van der Waals surface area contributed by atoms with Crippen LogP contribution in [0, 0.1) is 13.8 Å². The Morgan fingerprint density at radius 1 is 1.04 bits per heavy atom. The van der Waals surface area contributed by atoms with E-state index in [1.165, 1.54) is 24.4 Å². The fourth-order valence-corrected chi connectivity index (χ4v) is 2.18. The molecule has 7 nitrogen and oxygen atoms in total. The molecule has 4 N–H and O–H groups in total. The number of rotatable bonds is 6. The lowest BCUT2D eigenvalue weighted by Gasteiger charge is -2.09. The van der Waals surface area contributed by atoms with Crippen molar-refractivity contribution in [1.82, 2.24) is 5.43 Å². The smallest absolute Gasteiger partial charge is 0.240 e. The minimum atomic E-state index is -0.421. The van der Waals surface area contributed by atoms with Crippen LogP contribution in [0.4, 0.5) is 5.69 Å². The molecule has 2 amide bonds. The van der Waals surface area contributed by atoms with E-state index in [2.05, 4.69) is 15.8 Å². The van der Waals surface area contributed by atoms with E-state index in [4.69, 9.17) is 0 Å². The Morgan fingerprint density at radius 2 is 1.77 bits per heavy atom. The highest BCUT2D eigenvalue weighted by atomic mass is 16.3. The first kappa shape index (κ1) is 19.0.